The van der Waals surface area contributed by atoms with Crippen molar-refractivity contribution in [2.45, 2.75) is 52.6 Å². The zero-order valence-corrected chi connectivity index (χ0v) is 19.7. The quantitative estimate of drug-likeness (QED) is 0.485. The Hall–Kier alpha value is -2.97. The second-order valence-corrected chi connectivity index (χ2v) is 10.1. The van der Waals surface area contributed by atoms with Crippen LogP contribution in [-0.2, 0) is 24.9 Å². The molecule has 0 saturated heterocycles. The summed E-state index contributed by atoms with van der Waals surface area (Å²) in [5.74, 6) is 0.481. The topological polar surface area (TPSA) is 76.8 Å². The summed E-state index contributed by atoms with van der Waals surface area (Å²) in [6.45, 7) is 11.0. The molecule has 2 N–H and O–H groups in total. The van der Waals surface area contributed by atoms with Crippen molar-refractivity contribution in [3.05, 3.63) is 62.2 Å². The lowest BCUT2D eigenvalue weighted by atomic mass is 9.95. The highest BCUT2D eigenvalue weighted by molar-refractivity contribution is 7.10. The fraction of sp³-hybridized carbons (Fsp3) is 0.375. The summed E-state index contributed by atoms with van der Waals surface area (Å²) in [5, 5.41) is 9.36. The van der Waals surface area contributed by atoms with Crippen LogP contribution in [0.4, 0.5) is 11.6 Å². The van der Waals surface area contributed by atoms with E-state index < -0.39 is 0 Å². The van der Waals surface area contributed by atoms with Gasteiger partial charge in [-0.3, -0.25) is 4.79 Å². The van der Waals surface area contributed by atoms with Gasteiger partial charge in [-0.1, -0.05) is 26.8 Å². The summed E-state index contributed by atoms with van der Waals surface area (Å²) in [4.78, 5) is 23.5. The van der Waals surface area contributed by atoms with E-state index in [1.807, 2.05) is 11.6 Å². The maximum atomic E-state index is 13.0. The Balaban J connectivity index is 1.58. The summed E-state index contributed by atoms with van der Waals surface area (Å²) in [6.07, 6.45) is 2.68. The molecule has 1 aromatic carbocycles. The number of thiophene rings is 1. The Morgan fingerprint density at radius 2 is 2.06 bits per heavy atom. The molecule has 3 aromatic heterocycles. The zero-order valence-electron chi connectivity index (χ0n) is 18.9. The highest BCUT2D eigenvalue weighted by Gasteiger charge is 2.21. The molecule has 0 aliphatic carbocycles. The van der Waals surface area contributed by atoms with E-state index >= 15 is 0 Å². The number of hydrogen-bond donors (Lipinski definition) is 2. The van der Waals surface area contributed by atoms with Gasteiger partial charge in [0.25, 0.3) is 5.56 Å². The van der Waals surface area contributed by atoms with E-state index in [1.54, 1.807) is 22.2 Å². The smallest absolute Gasteiger partial charge is 0.278 e. The van der Waals surface area contributed by atoms with Crippen molar-refractivity contribution in [3.63, 3.8) is 0 Å². The lowest BCUT2D eigenvalue weighted by Gasteiger charge is -2.18. The first-order valence-electron chi connectivity index (χ1n) is 11.0. The number of nitrogens with one attached hydrogen (secondary N) is 2. The van der Waals surface area contributed by atoms with E-state index in [0.29, 0.717) is 23.5 Å². The molecule has 5 rings (SSSR count). The standard InChI is InChI=1S/C24H28N6OS/c1-5-29-22(31)19-13-26-23(27-17-7-6-15-8-9-25-12-16(15)10-17)28-21(19)30(29)18-11-20(32-14-18)24(2,3)4/h6-7,10-11,13-14,25H,5,8-9,12H2,1-4H3,(H,26,27,28). The summed E-state index contributed by atoms with van der Waals surface area (Å²) < 4.78 is 3.65. The van der Waals surface area contributed by atoms with E-state index in [0.717, 1.165) is 30.9 Å². The second kappa shape index (κ2) is 7.86. The average Bonchev–Trinajstić information content (AvgIpc) is 3.36. The normalized spacial score (nSPS) is 14.0. The number of nitrogens with zero attached hydrogens (tertiary/aromatic N) is 4. The van der Waals surface area contributed by atoms with Crippen LogP contribution in [0.25, 0.3) is 16.7 Å². The summed E-state index contributed by atoms with van der Waals surface area (Å²) in [7, 11) is 0. The second-order valence-electron chi connectivity index (χ2n) is 9.22. The lowest BCUT2D eigenvalue weighted by molar-refractivity contribution is 0.573. The molecule has 166 valence electrons. The Kier molecular flexibility index (Phi) is 5.14. The molecule has 4 aromatic rings. The third-order valence-electron chi connectivity index (χ3n) is 5.89. The first-order chi connectivity index (χ1) is 15.3. The van der Waals surface area contributed by atoms with Crippen molar-refractivity contribution in [3.8, 4) is 5.69 Å². The molecular formula is C24H28N6OS. The number of hydrogen-bond acceptors (Lipinski definition) is 6. The van der Waals surface area contributed by atoms with Crippen LogP contribution in [0.1, 0.15) is 43.7 Å². The van der Waals surface area contributed by atoms with Gasteiger partial charge < -0.3 is 10.6 Å². The molecule has 32 heavy (non-hydrogen) atoms. The molecule has 8 heteroatoms. The fourth-order valence-electron chi connectivity index (χ4n) is 4.15. The van der Waals surface area contributed by atoms with E-state index in [-0.39, 0.29) is 11.0 Å². The third-order valence-corrected chi connectivity index (χ3v) is 7.24. The van der Waals surface area contributed by atoms with Gasteiger partial charge in [0.15, 0.2) is 5.65 Å². The largest absolute Gasteiger partial charge is 0.324 e. The SMILES string of the molecule is CCn1c(=O)c2cnc(Nc3ccc4c(c3)CNCC4)nc2n1-c1csc(C(C)(C)C)c1. The van der Waals surface area contributed by atoms with Crippen LogP contribution in [0, 0.1) is 0 Å². The lowest BCUT2D eigenvalue weighted by Crippen LogP contribution is -2.23. The minimum atomic E-state index is -0.0718. The zero-order chi connectivity index (χ0) is 22.5. The molecule has 0 spiro atoms. The van der Waals surface area contributed by atoms with Gasteiger partial charge in [0.05, 0.1) is 5.69 Å². The van der Waals surface area contributed by atoms with Crippen LogP contribution < -0.4 is 16.2 Å². The number of aromatic nitrogens is 4. The van der Waals surface area contributed by atoms with Gasteiger partial charge in [-0.05, 0) is 54.6 Å². The van der Waals surface area contributed by atoms with E-state index in [2.05, 4.69) is 66.0 Å². The summed E-state index contributed by atoms with van der Waals surface area (Å²) in [5.41, 5.74) is 5.17. The maximum Gasteiger partial charge on any atom is 0.278 e. The van der Waals surface area contributed by atoms with Gasteiger partial charge in [-0.2, -0.15) is 4.98 Å². The molecule has 0 unspecified atom stereocenters. The predicted molar refractivity (Wildman–Crippen MR) is 131 cm³/mol. The summed E-state index contributed by atoms with van der Waals surface area (Å²) in [6, 6.07) is 8.53. The van der Waals surface area contributed by atoms with Gasteiger partial charge in [-0.15, -0.1) is 11.3 Å². The molecule has 0 atom stereocenters. The van der Waals surface area contributed by atoms with Crippen molar-refractivity contribution in [1.29, 1.82) is 0 Å². The molecule has 0 saturated carbocycles. The number of fused-ring (bicyclic) bond motifs is 2. The minimum Gasteiger partial charge on any atom is -0.324 e. The predicted octanol–water partition coefficient (Wildman–Crippen LogP) is 4.35. The highest BCUT2D eigenvalue weighted by Crippen LogP contribution is 2.31. The third kappa shape index (κ3) is 3.63. The summed E-state index contributed by atoms with van der Waals surface area (Å²) >= 11 is 1.71. The van der Waals surface area contributed by atoms with Gasteiger partial charge in [0, 0.05) is 35.2 Å². The molecule has 0 bridgehead atoms. The van der Waals surface area contributed by atoms with E-state index in [1.165, 1.54) is 16.0 Å². The van der Waals surface area contributed by atoms with Crippen molar-refractivity contribution in [2.24, 2.45) is 0 Å². The number of benzene rings is 1. The molecule has 0 fully saturated rings. The number of anilines is 2. The van der Waals surface area contributed by atoms with Crippen LogP contribution in [0.15, 0.2) is 40.6 Å². The molecule has 7 nitrogen and oxygen atoms in total. The Morgan fingerprint density at radius 3 is 2.81 bits per heavy atom. The molecule has 0 amide bonds. The molecular weight excluding hydrogens is 420 g/mol. The van der Waals surface area contributed by atoms with Gasteiger partial charge in [0.2, 0.25) is 5.95 Å². The molecule has 0 radical (unpaired) electrons. The molecule has 1 aliphatic heterocycles. The van der Waals surface area contributed by atoms with Crippen molar-refractivity contribution < 1.29 is 0 Å². The van der Waals surface area contributed by atoms with E-state index in [9.17, 15) is 4.79 Å². The van der Waals surface area contributed by atoms with Crippen LogP contribution in [-0.4, -0.2) is 25.9 Å². The van der Waals surface area contributed by atoms with Crippen LogP contribution in [0.2, 0.25) is 0 Å². The van der Waals surface area contributed by atoms with Crippen LogP contribution >= 0.6 is 11.3 Å². The first-order valence-corrected chi connectivity index (χ1v) is 11.9. The fourth-order valence-corrected chi connectivity index (χ4v) is 5.11. The van der Waals surface area contributed by atoms with Crippen LogP contribution in [0.5, 0.6) is 0 Å². The average molecular weight is 449 g/mol. The van der Waals surface area contributed by atoms with E-state index in [4.69, 9.17) is 4.98 Å². The Labute approximate surface area is 191 Å². The highest BCUT2D eigenvalue weighted by atomic mass is 32.1. The molecule has 4 heterocycles. The Bertz CT molecular complexity index is 1360. The van der Waals surface area contributed by atoms with Crippen molar-refractivity contribution >= 4 is 34.0 Å². The maximum absolute atomic E-state index is 13.0. The van der Waals surface area contributed by atoms with Gasteiger partial charge in [0.1, 0.15) is 5.39 Å². The first kappa shape index (κ1) is 20.9. The minimum absolute atomic E-state index is 0.0478. The van der Waals surface area contributed by atoms with Crippen LogP contribution in [0.3, 0.4) is 0 Å². The molecule has 1 aliphatic rings. The number of rotatable bonds is 4. The van der Waals surface area contributed by atoms with Gasteiger partial charge in [-0.25, -0.2) is 14.3 Å². The Morgan fingerprint density at radius 1 is 1.22 bits per heavy atom. The van der Waals surface area contributed by atoms with Gasteiger partial charge >= 0.3 is 0 Å². The van der Waals surface area contributed by atoms with Crippen molar-refractivity contribution in [1.82, 2.24) is 24.6 Å². The monoisotopic (exact) mass is 448 g/mol. The van der Waals surface area contributed by atoms with Crippen molar-refractivity contribution in [2.75, 3.05) is 11.9 Å².